The Balaban J connectivity index is 1.99. The molecule has 0 unspecified atom stereocenters. The van der Waals surface area contributed by atoms with Crippen molar-refractivity contribution in [3.05, 3.63) is 0 Å². The number of hydrogen-bond acceptors (Lipinski definition) is 3. The van der Waals surface area contributed by atoms with Gasteiger partial charge in [-0.2, -0.15) is 0 Å². The molecule has 0 saturated carbocycles. The van der Waals surface area contributed by atoms with Crippen molar-refractivity contribution in [2.24, 2.45) is 11.3 Å². The average Bonchev–Trinajstić information content (AvgIpc) is 2.43. The number of likely N-dealkylation sites (tertiary alicyclic amines) is 2. The van der Waals surface area contributed by atoms with Crippen LogP contribution in [0.3, 0.4) is 0 Å². The summed E-state index contributed by atoms with van der Waals surface area (Å²) in [4.78, 5) is 28.1. The molecule has 0 aromatic carbocycles. The monoisotopic (exact) mass is 324 g/mol. The highest BCUT2D eigenvalue weighted by Gasteiger charge is 2.53. The molecule has 0 bridgehead atoms. The number of hydrogen-bond donors (Lipinski definition) is 0. The van der Waals surface area contributed by atoms with E-state index in [1.54, 1.807) is 0 Å². The summed E-state index contributed by atoms with van der Waals surface area (Å²) < 4.78 is 5.56. The van der Waals surface area contributed by atoms with E-state index in [1.807, 2.05) is 37.5 Å². The molecule has 1 atom stereocenters. The van der Waals surface area contributed by atoms with Gasteiger partial charge in [0, 0.05) is 37.5 Å². The van der Waals surface area contributed by atoms with Crippen LogP contribution in [0.1, 0.15) is 60.8 Å². The van der Waals surface area contributed by atoms with Gasteiger partial charge in [-0.15, -0.1) is 0 Å². The number of piperidine rings is 1. The predicted octanol–water partition coefficient (Wildman–Crippen LogP) is 3.28. The van der Waals surface area contributed by atoms with Crippen LogP contribution < -0.4 is 0 Å². The van der Waals surface area contributed by atoms with E-state index in [-0.39, 0.29) is 23.5 Å². The van der Waals surface area contributed by atoms with E-state index in [2.05, 4.69) is 13.8 Å². The van der Waals surface area contributed by atoms with Crippen molar-refractivity contribution in [3.63, 3.8) is 0 Å². The second-order valence-electron chi connectivity index (χ2n) is 8.61. The molecular formula is C18H32N2O3. The molecule has 5 nitrogen and oxygen atoms in total. The van der Waals surface area contributed by atoms with Crippen LogP contribution in [0.5, 0.6) is 0 Å². The van der Waals surface area contributed by atoms with Crippen molar-refractivity contribution in [1.82, 2.24) is 9.80 Å². The number of nitrogens with zero attached hydrogens (tertiary/aromatic N) is 2. The minimum Gasteiger partial charge on any atom is -0.444 e. The van der Waals surface area contributed by atoms with Crippen molar-refractivity contribution in [2.45, 2.75) is 72.4 Å². The second kappa shape index (κ2) is 6.33. The second-order valence-corrected chi connectivity index (χ2v) is 8.61. The smallest absolute Gasteiger partial charge is 0.410 e. The van der Waals surface area contributed by atoms with Crippen molar-refractivity contribution in [3.8, 4) is 0 Å². The van der Waals surface area contributed by atoms with E-state index in [0.717, 1.165) is 32.5 Å². The number of carbonyl (C=O) groups is 2. The molecule has 5 heteroatoms. The fourth-order valence-corrected chi connectivity index (χ4v) is 4.02. The summed E-state index contributed by atoms with van der Waals surface area (Å²) in [5.74, 6) is 0.687. The van der Waals surface area contributed by atoms with Gasteiger partial charge in [0.2, 0.25) is 5.91 Å². The first-order valence-electron chi connectivity index (χ1n) is 8.82. The Hall–Kier alpha value is -1.26. The molecule has 0 aliphatic carbocycles. The quantitative estimate of drug-likeness (QED) is 0.783. The van der Waals surface area contributed by atoms with Crippen molar-refractivity contribution < 1.29 is 14.3 Å². The maximum Gasteiger partial charge on any atom is 0.410 e. The van der Waals surface area contributed by atoms with Gasteiger partial charge in [0.1, 0.15) is 5.60 Å². The molecule has 2 aliphatic rings. The van der Waals surface area contributed by atoms with E-state index in [1.165, 1.54) is 0 Å². The highest BCUT2D eigenvalue weighted by atomic mass is 16.6. The number of amides is 2. The molecule has 2 rings (SSSR count). The van der Waals surface area contributed by atoms with E-state index < -0.39 is 5.60 Å². The zero-order valence-corrected chi connectivity index (χ0v) is 15.5. The molecule has 2 fully saturated rings. The van der Waals surface area contributed by atoms with Crippen LogP contribution in [-0.2, 0) is 9.53 Å². The lowest BCUT2D eigenvalue weighted by atomic mass is 9.67. The van der Waals surface area contributed by atoms with Gasteiger partial charge in [-0.25, -0.2) is 4.79 Å². The predicted molar refractivity (Wildman–Crippen MR) is 90.1 cm³/mol. The molecule has 132 valence electrons. The van der Waals surface area contributed by atoms with Crippen molar-refractivity contribution in [2.75, 3.05) is 19.6 Å². The molecule has 2 heterocycles. The van der Waals surface area contributed by atoms with E-state index in [0.29, 0.717) is 12.3 Å². The molecule has 0 radical (unpaired) electrons. The van der Waals surface area contributed by atoms with Gasteiger partial charge >= 0.3 is 6.09 Å². The minimum atomic E-state index is -0.460. The van der Waals surface area contributed by atoms with Crippen molar-refractivity contribution in [1.29, 1.82) is 0 Å². The van der Waals surface area contributed by atoms with Crippen LogP contribution in [0.2, 0.25) is 0 Å². The van der Waals surface area contributed by atoms with Gasteiger partial charge in [-0.3, -0.25) is 4.79 Å². The summed E-state index contributed by atoms with van der Waals surface area (Å²) in [7, 11) is 0. The Morgan fingerprint density at radius 2 is 1.74 bits per heavy atom. The summed E-state index contributed by atoms with van der Waals surface area (Å²) in [6, 6.07) is 0.219. The molecule has 23 heavy (non-hydrogen) atoms. The first-order chi connectivity index (χ1) is 10.5. The van der Waals surface area contributed by atoms with Crippen LogP contribution in [-0.4, -0.2) is 53.1 Å². The SMILES string of the molecule is CCC(=O)N1CCC([C@@H]2N(C(=O)OC(C)(C)C)CC2(C)C)CC1. The maximum atomic E-state index is 12.4. The normalized spacial score (nSPS) is 25.0. The Morgan fingerprint density at radius 1 is 1.17 bits per heavy atom. The first-order valence-corrected chi connectivity index (χ1v) is 8.82. The van der Waals surface area contributed by atoms with Crippen LogP contribution in [0.15, 0.2) is 0 Å². The van der Waals surface area contributed by atoms with Gasteiger partial charge in [0.05, 0.1) is 0 Å². The summed E-state index contributed by atoms with van der Waals surface area (Å²) in [5, 5.41) is 0. The lowest BCUT2D eigenvalue weighted by Crippen LogP contribution is -2.68. The summed E-state index contributed by atoms with van der Waals surface area (Å²) in [6.07, 6.45) is 2.32. The molecule has 2 amide bonds. The summed E-state index contributed by atoms with van der Waals surface area (Å²) in [6.45, 7) is 14.4. The highest BCUT2D eigenvalue weighted by molar-refractivity contribution is 5.75. The van der Waals surface area contributed by atoms with Gasteiger partial charge < -0.3 is 14.5 Å². The maximum absolute atomic E-state index is 12.4. The van der Waals surface area contributed by atoms with E-state index in [4.69, 9.17) is 4.74 Å². The largest absolute Gasteiger partial charge is 0.444 e. The Kier molecular flexibility index (Phi) is 4.97. The summed E-state index contributed by atoms with van der Waals surface area (Å²) in [5.41, 5.74) is -0.337. The van der Waals surface area contributed by atoms with Crippen LogP contribution in [0, 0.1) is 11.3 Å². The van der Waals surface area contributed by atoms with Crippen molar-refractivity contribution >= 4 is 12.0 Å². The third kappa shape index (κ3) is 3.99. The molecule has 2 aliphatic heterocycles. The number of carbonyl (C=O) groups excluding carboxylic acids is 2. The topological polar surface area (TPSA) is 49.9 Å². The lowest BCUT2D eigenvalue weighted by Gasteiger charge is -2.58. The molecule has 0 spiro atoms. The molecule has 0 aromatic heterocycles. The van der Waals surface area contributed by atoms with Crippen LogP contribution in [0.4, 0.5) is 4.79 Å². The fourth-order valence-electron chi connectivity index (χ4n) is 4.02. The van der Waals surface area contributed by atoms with Crippen LogP contribution in [0.25, 0.3) is 0 Å². The Morgan fingerprint density at radius 3 is 2.17 bits per heavy atom. The first kappa shape index (κ1) is 18.1. The van der Waals surface area contributed by atoms with Crippen LogP contribution >= 0.6 is 0 Å². The lowest BCUT2D eigenvalue weighted by molar-refractivity contribution is -0.135. The zero-order chi connectivity index (χ0) is 17.4. The average molecular weight is 324 g/mol. The third-order valence-corrected chi connectivity index (χ3v) is 4.98. The molecular weight excluding hydrogens is 292 g/mol. The molecule has 0 aromatic rings. The Bertz CT molecular complexity index is 459. The number of ether oxygens (including phenoxy) is 1. The van der Waals surface area contributed by atoms with Gasteiger partial charge in [0.25, 0.3) is 0 Å². The fraction of sp³-hybridized carbons (Fsp3) is 0.889. The summed E-state index contributed by atoms with van der Waals surface area (Å²) >= 11 is 0. The Labute approximate surface area is 140 Å². The third-order valence-electron chi connectivity index (χ3n) is 4.98. The minimum absolute atomic E-state index is 0.124. The zero-order valence-electron chi connectivity index (χ0n) is 15.5. The standard InChI is InChI=1S/C18H32N2O3/c1-7-14(21)19-10-8-13(9-11-19)15-18(5,6)12-20(15)16(22)23-17(2,3)4/h13,15H,7-12H2,1-6H3/t15-/m0/s1. The van der Waals surface area contributed by atoms with Gasteiger partial charge in [0.15, 0.2) is 0 Å². The highest BCUT2D eigenvalue weighted by Crippen LogP contribution is 2.45. The van der Waals surface area contributed by atoms with E-state index >= 15 is 0 Å². The molecule has 0 N–H and O–H groups in total. The number of rotatable bonds is 2. The molecule has 2 saturated heterocycles. The van der Waals surface area contributed by atoms with E-state index in [9.17, 15) is 9.59 Å². The van der Waals surface area contributed by atoms with Gasteiger partial charge in [-0.05, 0) is 39.5 Å². The van der Waals surface area contributed by atoms with Gasteiger partial charge in [-0.1, -0.05) is 20.8 Å².